The summed E-state index contributed by atoms with van der Waals surface area (Å²) in [6.45, 7) is 5.38. The van der Waals surface area contributed by atoms with Gasteiger partial charge in [-0.1, -0.05) is 0 Å². The van der Waals surface area contributed by atoms with Crippen molar-refractivity contribution in [2.75, 3.05) is 37.9 Å². The minimum absolute atomic E-state index is 0.0910. The molecule has 0 saturated heterocycles. The molecule has 1 rings (SSSR count). The fourth-order valence-corrected chi connectivity index (χ4v) is 1.94. The van der Waals surface area contributed by atoms with Crippen LogP contribution in [0.3, 0.4) is 0 Å². The maximum atomic E-state index is 5.77. The zero-order valence-electron chi connectivity index (χ0n) is 10.2. The highest BCUT2D eigenvalue weighted by Gasteiger charge is 2.17. The van der Waals surface area contributed by atoms with Crippen molar-refractivity contribution in [2.24, 2.45) is 0 Å². The van der Waals surface area contributed by atoms with E-state index in [-0.39, 0.29) is 6.10 Å². The molecule has 0 aromatic carbocycles. The molecule has 1 aromatic heterocycles. The zero-order valence-corrected chi connectivity index (χ0v) is 11.0. The SMILES string of the molecule is COCCN(C)c1snc(N)c1OC(C)C. The third kappa shape index (κ3) is 3.24. The molecule has 0 amide bonds. The lowest BCUT2D eigenvalue weighted by Crippen LogP contribution is -2.22. The average Bonchev–Trinajstić information content (AvgIpc) is 2.56. The maximum absolute atomic E-state index is 5.77. The standard InChI is InChI=1S/C10H19N3O2S/c1-7(2)15-8-9(11)12-16-10(8)13(3)5-6-14-4/h7H,5-6H2,1-4H3,(H2,11,12). The second-order valence-corrected chi connectivity index (χ2v) is 4.53. The summed E-state index contributed by atoms with van der Waals surface area (Å²) in [4.78, 5) is 2.04. The molecule has 2 N–H and O–H groups in total. The van der Waals surface area contributed by atoms with Gasteiger partial charge in [0.15, 0.2) is 16.6 Å². The van der Waals surface area contributed by atoms with E-state index < -0.39 is 0 Å². The van der Waals surface area contributed by atoms with Crippen molar-refractivity contribution in [2.45, 2.75) is 20.0 Å². The Bertz CT molecular complexity index is 328. The Kier molecular flexibility index (Phi) is 4.82. The lowest BCUT2D eigenvalue weighted by atomic mass is 10.4. The third-order valence-electron chi connectivity index (χ3n) is 1.99. The van der Waals surface area contributed by atoms with Crippen LogP contribution in [0.5, 0.6) is 5.75 Å². The molecule has 5 nitrogen and oxygen atoms in total. The largest absolute Gasteiger partial charge is 0.484 e. The number of nitrogens with two attached hydrogens (primary N) is 1. The van der Waals surface area contributed by atoms with Crippen LogP contribution in [-0.4, -0.2) is 37.8 Å². The van der Waals surface area contributed by atoms with Gasteiger partial charge in [-0.3, -0.25) is 0 Å². The molecule has 16 heavy (non-hydrogen) atoms. The van der Waals surface area contributed by atoms with Gasteiger partial charge in [-0.25, -0.2) is 0 Å². The first-order chi connectivity index (χ1) is 7.56. The Morgan fingerprint density at radius 1 is 1.50 bits per heavy atom. The second kappa shape index (κ2) is 5.91. The zero-order chi connectivity index (χ0) is 12.1. The van der Waals surface area contributed by atoms with E-state index in [4.69, 9.17) is 15.2 Å². The van der Waals surface area contributed by atoms with Gasteiger partial charge >= 0.3 is 0 Å². The maximum Gasteiger partial charge on any atom is 0.198 e. The molecule has 0 atom stereocenters. The number of methoxy groups -OCH3 is 1. The van der Waals surface area contributed by atoms with Gasteiger partial charge < -0.3 is 20.1 Å². The molecular weight excluding hydrogens is 226 g/mol. The molecule has 0 radical (unpaired) electrons. The summed E-state index contributed by atoms with van der Waals surface area (Å²) in [7, 11) is 3.65. The summed E-state index contributed by atoms with van der Waals surface area (Å²) in [5.74, 6) is 1.14. The summed E-state index contributed by atoms with van der Waals surface area (Å²) in [5.41, 5.74) is 5.77. The van der Waals surface area contributed by atoms with Gasteiger partial charge in [0.05, 0.1) is 12.7 Å². The highest BCUT2D eigenvalue weighted by atomic mass is 32.1. The summed E-state index contributed by atoms with van der Waals surface area (Å²) in [6.07, 6.45) is 0.0910. The van der Waals surface area contributed by atoms with Crippen LogP contribution >= 0.6 is 11.5 Å². The van der Waals surface area contributed by atoms with Crippen molar-refractivity contribution in [1.82, 2.24) is 4.37 Å². The molecule has 6 heteroatoms. The first kappa shape index (κ1) is 13.1. The lowest BCUT2D eigenvalue weighted by Gasteiger charge is -2.19. The molecule has 0 aliphatic rings. The number of hydrogen-bond donors (Lipinski definition) is 1. The number of aromatic nitrogens is 1. The van der Waals surface area contributed by atoms with Crippen LogP contribution < -0.4 is 15.4 Å². The third-order valence-corrected chi connectivity index (χ3v) is 2.95. The highest BCUT2D eigenvalue weighted by Crippen LogP contribution is 2.38. The van der Waals surface area contributed by atoms with Crippen molar-refractivity contribution < 1.29 is 9.47 Å². The molecular formula is C10H19N3O2S. The smallest absolute Gasteiger partial charge is 0.198 e. The van der Waals surface area contributed by atoms with Crippen LogP contribution in [0.25, 0.3) is 0 Å². The van der Waals surface area contributed by atoms with Gasteiger partial charge in [-0.15, -0.1) is 0 Å². The van der Waals surface area contributed by atoms with Crippen LogP contribution in [0, 0.1) is 0 Å². The topological polar surface area (TPSA) is 60.6 Å². The quantitative estimate of drug-likeness (QED) is 0.824. The summed E-state index contributed by atoms with van der Waals surface area (Å²) in [5, 5.41) is 0.947. The number of likely N-dealkylation sites (N-methyl/N-ethyl adjacent to an activating group) is 1. The Labute approximate surface area is 100 Å². The molecule has 1 aromatic rings. The number of nitrogen functional groups attached to an aromatic ring is 1. The Morgan fingerprint density at radius 3 is 2.75 bits per heavy atom. The fourth-order valence-electron chi connectivity index (χ4n) is 1.20. The van der Waals surface area contributed by atoms with Crippen LogP contribution in [0.1, 0.15) is 13.8 Å². The van der Waals surface area contributed by atoms with Gasteiger partial charge in [0.1, 0.15) is 0 Å². The first-order valence-electron chi connectivity index (χ1n) is 5.18. The van der Waals surface area contributed by atoms with E-state index in [1.54, 1.807) is 7.11 Å². The summed E-state index contributed by atoms with van der Waals surface area (Å²) >= 11 is 1.35. The Hall–Kier alpha value is -1.01. The van der Waals surface area contributed by atoms with Crippen molar-refractivity contribution in [1.29, 1.82) is 0 Å². The molecule has 0 fully saturated rings. The predicted octanol–water partition coefficient (Wildman–Crippen LogP) is 1.60. The molecule has 0 unspecified atom stereocenters. The van der Waals surface area contributed by atoms with Gasteiger partial charge in [-0.2, -0.15) is 4.37 Å². The number of rotatable bonds is 6. The van der Waals surface area contributed by atoms with Gasteiger partial charge in [0.2, 0.25) is 0 Å². The predicted molar refractivity (Wildman–Crippen MR) is 67.4 cm³/mol. The molecule has 0 aliphatic heterocycles. The van der Waals surface area contributed by atoms with Gasteiger partial charge in [0, 0.05) is 20.7 Å². The first-order valence-corrected chi connectivity index (χ1v) is 5.95. The molecule has 0 saturated carbocycles. The Balaban J connectivity index is 2.78. The number of anilines is 2. The monoisotopic (exact) mass is 245 g/mol. The van der Waals surface area contributed by atoms with Crippen LogP contribution in [0.4, 0.5) is 10.8 Å². The number of nitrogens with zero attached hydrogens (tertiary/aromatic N) is 2. The molecule has 0 aliphatic carbocycles. The molecule has 1 heterocycles. The normalized spacial score (nSPS) is 10.8. The van der Waals surface area contributed by atoms with E-state index in [1.165, 1.54) is 11.5 Å². The summed E-state index contributed by atoms with van der Waals surface area (Å²) < 4.78 is 14.8. The van der Waals surface area contributed by atoms with Crippen molar-refractivity contribution in [3.05, 3.63) is 0 Å². The van der Waals surface area contributed by atoms with Crippen molar-refractivity contribution in [3.8, 4) is 5.75 Å². The van der Waals surface area contributed by atoms with Gasteiger partial charge in [-0.05, 0) is 25.4 Å². The van der Waals surface area contributed by atoms with E-state index in [2.05, 4.69) is 4.37 Å². The van der Waals surface area contributed by atoms with Crippen LogP contribution in [-0.2, 0) is 4.74 Å². The highest BCUT2D eigenvalue weighted by molar-refractivity contribution is 7.11. The number of ether oxygens (including phenoxy) is 2. The molecule has 0 spiro atoms. The molecule has 0 bridgehead atoms. The molecule has 92 valence electrons. The fraction of sp³-hybridized carbons (Fsp3) is 0.700. The van der Waals surface area contributed by atoms with E-state index >= 15 is 0 Å². The summed E-state index contributed by atoms with van der Waals surface area (Å²) in [6, 6.07) is 0. The Morgan fingerprint density at radius 2 is 2.19 bits per heavy atom. The van der Waals surface area contributed by atoms with E-state index in [1.807, 2.05) is 25.8 Å². The lowest BCUT2D eigenvalue weighted by molar-refractivity contribution is 0.206. The minimum atomic E-state index is 0.0910. The van der Waals surface area contributed by atoms with Crippen molar-refractivity contribution in [3.63, 3.8) is 0 Å². The van der Waals surface area contributed by atoms with E-state index in [0.717, 1.165) is 11.5 Å². The van der Waals surface area contributed by atoms with Crippen LogP contribution in [0.2, 0.25) is 0 Å². The van der Waals surface area contributed by atoms with Gasteiger partial charge in [0.25, 0.3) is 0 Å². The van der Waals surface area contributed by atoms with E-state index in [0.29, 0.717) is 18.2 Å². The van der Waals surface area contributed by atoms with Crippen LogP contribution in [0.15, 0.2) is 0 Å². The minimum Gasteiger partial charge on any atom is -0.484 e. The second-order valence-electron chi connectivity index (χ2n) is 3.78. The number of hydrogen-bond acceptors (Lipinski definition) is 6. The van der Waals surface area contributed by atoms with Crippen molar-refractivity contribution >= 4 is 22.4 Å². The average molecular weight is 245 g/mol. The van der Waals surface area contributed by atoms with E-state index in [9.17, 15) is 0 Å².